The molecule has 1 aromatic heterocycles. The van der Waals surface area contributed by atoms with E-state index in [0.29, 0.717) is 5.92 Å². The third kappa shape index (κ3) is 2.97. The summed E-state index contributed by atoms with van der Waals surface area (Å²) in [7, 11) is 1.66. The Bertz CT molecular complexity index is 663. The van der Waals surface area contributed by atoms with E-state index in [-0.39, 0.29) is 5.91 Å². The largest absolute Gasteiger partial charge is 0.496 e. The number of hydrogen-bond acceptors (Lipinski definition) is 5. The van der Waals surface area contributed by atoms with Gasteiger partial charge in [-0.3, -0.25) is 4.79 Å². The highest BCUT2D eigenvalue weighted by molar-refractivity contribution is 7.14. The number of piperidine rings is 1. The summed E-state index contributed by atoms with van der Waals surface area (Å²) < 4.78 is 5.39. The number of likely N-dealkylation sites (tertiary alicyclic amines) is 1. The van der Waals surface area contributed by atoms with Gasteiger partial charge in [-0.2, -0.15) is 0 Å². The molecule has 6 heteroatoms. The monoisotopic (exact) mass is 317 g/mol. The smallest absolute Gasteiger partial charge is 0.219 e. The average Bonchev–Trinajstić information content (AvgIpc) is 3.04. The van der Waals surface area contributed by atoms with E-state index < -0.39 is 0 Å². The number of hydrogen-bond donors (Lipinski definition) is 0. The molecular formula is C16H19N3O2S. The number of amides is 1. The van der Waals surface area contributed by atoms with Crippen molar-refractivity contribution >= 4 is 17.2 Å². The van der Waals surface area contributed by atoms with Gasteiger partial charge in [-0.1, -0.05) is 23.5 Å². The third-order valence-corrected chi connectivity index (χ3v) is 5.19. The second-order valence-corrected chi connectivity index (χ2v) is 6.44. The molecule has 1 amide bonds. The Kier molecular flexibility index (Phi) is 4.38. The van der Waals surface area contributed by atoms with Crippen LogP contribution in [0.15, 0.2) is 24.3 Å². The summed E-state index contributed by atoms with van der Waals surface area (Å²) in [5.74, 6) is 1.37. The van der Waals surface area contributed by atoms with Crippen molar-refractivity contribution in [2.45, 2.75) is 25.7 Å². The third-order valence-electron chi connectivity index (χ3n) is 4.07. The van der Waals surface area contributed by atoms with E-state index in [4.69, 9.17) is 4.74 Å². The number of aromatic nitrogens is 2. The van der Waals surface area contributed by atoms with Crippen molar-refractivity contribution in [2.24, 2.45) is 0 Å². The van der Waals surface area contributed by atoms with Crippen molar-refractivity contribution in [2.75, 3.05) is 20.2 Å². The SMILES string of the molecule is COc1ccccc1-c1nnc(C2CCN(C(C)=O)CC2)s1. The molecule has 2 heterocycles. The fourth-order valence-corrected chi connectivity index (χ4v) is 3.81. The standard InChI is InChI=1S/C16H19N3O2S/c1-11(20)19-9-7-12(8-10-19)15-17-18-16(22-15)13-5-3-4-6-14(13)21-2/h3-6,12H,7-10H2,1-2H3. The van der Waals surface area contributed by atoms with Gasteiger partial charge in [0.25, 0.3) is 0 Å². The van der Waals surface area contributed by atoms with Gasteiger partial charge in [0.05, 0.1) is 12.7 Å². The highest BCUT2D eigenvalue weighted by atomic mass is 32.1. The van der Waals surface area contributed by atoms with Crippen molar-refractivity contribution in [3.63, 3.8) is 0 Å². The lowest BCUT2D eigenvalue weighted by atomic mass is 9.98. The van der Waals surface area contributed by atoms with Crippen molar-refractivity contribution in [1.29, 1.82) is 0 Å². The van der Waals surface area contributed by atoms with E-state index in [9.17, 15) is 4.79 Å². The Balaban J connectivity index is 1.76. The van der Waals surface area contributed by atoms with Crippen LogP contribution in [0.3, 0.4) is 0 Å². The fourth-order valence-electron chi connectivity index (χ4n) is 2.77. The van der Waals surface area contributed by atoms with E-state index in [1.807, 2.05) is 29.2 Å². The van der Waals surface area contributed by atoms with Crippen molar-refractivity contribution in [1.82, 2.24) is 15.1 Å². The molecule has 0 spiro atoms. The minimum absolute atomic E-state index is 0.158. The summed E-state index contributed by atoms with van der Waals surface area (Å²) in [4.78, 5) is 13.3. The second kappa shape index (κ2) is 6.44. The average molecular weight is 317 g/mol. The number of rotatable bonds is 3. The van der Waals surface area contributed by atoms with Crippen molar-refractivity contribution in [3.8, 4) is 16.3 Å². The first kappa shape index (κ1) is 15.0. The molecule has 0 atom stereocenters. The minimum Gasteiger partial charge on any atom is -0.496 e. The maximum Gasteiger partial charge on any atom is 0.219 e. The molecule has 1 aliphatic rings. The molecule has 1 aliphatic heterocycles. The van der Waals surface area contributed by atoms with Gasteiger partial charge in [-0.15, -0.1) is 10.2 Å². The Morgan fingerprint density at radius 3 is 2.68 bits per heavy atom. The first-order valence-electron chi connectivity index (χ1n) is 7.41. The van der Waals surface area contributed by atoms with Crippen LogP contribution in [0.5, 0.6) is 5.75 Å². The first-order chi connectivity index (χ1) is 10.7. The van der Waals surface area contributed by atoms with Crippen molar-refractivity contribution < 1.29 is 9.53 Å². The van der Waals surface area contributed by atoms with Crippen LogP contribution in [0.25, 0.3) is 10.6 Å². The van der Waals surface area contributed by atoms with E-state index in [1.54, 1.807) is 25.4 Å². The van der Waals surface area contributed by atoms with Gasteiger partial charge >= 0.3 is 0 Å². The van der Waals surface area contributed by atoms with Gasteiger partial charge < -0.3 is 9.64 Å². The zero-order valence-corrected chi connectivity index (χ0v) is 13.6. The number of ether oxygens (including phenoxy) is 1. The predicted molar refractivity (Wildman–Crippen MR) is 86.1 cm³/mol. The first-order valence-corrected chi connectivity index (χ1v) is 8.23. The highest BCUT2D eigenvalue weighted by Crippen LogP contribution is 2.36. The topological polar surface area (TPSA) is 55.3 Å². The zero-order valence-electron chi connectivity index (χ0n) is 12.8. The molecule has 0 N–H and O–H groups in total. The number of para-hydroxylation sites is 1. The van der Waals surface area contributed by atoms with Gasteiger partial charge in [0.1, 0.15) is 10.8 Å². The molecule has 0 bridgehead atoms. The van der Waals surface area contributed by atoms with Gasteiger partial charge in [-0.25, -0.2) is 0 Å². The van der Waals surface area contributed by atoms with E-state index >= 15 is 0 Å². The van der Waals surface area contributed by atoms with Gasteiger partial charge in [-0.05, 0) is 25.0 Å². The van der Waals surface area contributed by atoms with Gasteiger partial charge in [0, 0.05) is 25.9 Å². The number of nitrogens with zero attached hydrogens (tertiary/aromatic N) is 3. The summed E-state index contributed by atoms with van der Waals surface area (Å²) in [6.07, 6.45) is 1.92. The fraction of sp³-hybridized carbons (Fsp3) is 0.438. The Morgan fingerprint density at radius 2 is 2.00 bits per heavy atom. The summed E-state index contributed by atoms with van der Waals surface area (Å²) in [6.45, 7) is 3.25. The minimum atomic E-state index is 0.158. The maximum atomic E-state index is 11.4. The summed E-state index contributed by atoms with van der Waals surface area (Å²) >= 11 is 1.63. The summed E-state index contributed by atoms with van der Waals surface area (Å²) in [5.41, 5.74) is 0.981. The summed E-state index contributed by atoms with van der Waals surface area (Å²) in [5, 5.41) is 10.7. The second-order valence-electron chi connectivity index (χ2n) is 5.43. The number of carbonyl (C=O) groups is 1. The maximum absolute atomic E-state index is 11.4. The molecule has 0 saturated carbocycles. The molecular weight excluding hydrogens is 298 g/mol. The molecule has 1 aromatic carbocycles. The zero-order chi connectivity index (χ0) is 15.5. The molecule has 1 fully saturated rings. The molecule has 22 heavy (non-hydrogen) atoms. The molecule has 3 rings (SSSR count). The van der Waals surface area contributed by atoms with Gasteiger partial charge in [0.15, 0.2) is 5.01 Å². The molecule has 116 valence electrons. The lowest BCUT2D eigenvalue weighted by Crippen LogP contribution is -2.36. The van der Waals surface area contributed by atoms with E-state index in [0.717, 1.165) is 47.3 Å². The van der Waals surface area contributed by atoms with E-state index in [1.165, 1.54) is 0 Å². The van der Waals surface area contributed by atoms with Crippen molar-refractivity contribution in [3.05, 3.63) is 29.3 Å². The normalized spacial score (nSPS) is 15.8. The lowest BCUT2D eigenvalue weighted by molar-refractivity contribution is -0.129. The van der Waals surface area contributed by atoms with Crippen LogP contribution < -0.4 is 4.74 Å². The molecule has 1 saturated heterocycles. The molecule has 0 radical (unpaired) electrons. The Labute approximate surface area is 133 Å². The van der Waals surface area contributed by atoms with Crippen LogP contribution in [0.2, 0.25) is 0 Å². The summed E-state index contributed by atoms with van der Waals surface area (Å²) in [6, 6.07) is 7.86. The van der Waals surface area contributed by atoms with Crippen LogP contribution in [0.1, 0.15) is 30.7 Å². The molecule has 0 aliphatic carbocycles. The molecule has 5 nitrogen and oxygen atoms in total. The Morgan fingerprint density at radius 1 is 1.27 bits per heavy atom. The molecule has 0 unspecified atom stereocenters. The quantitative estimate of drug-likeness (QED) is 0.873. The number of methoxy groups -OCH3 is 1. The van der Waals surface area contributed by atoms with Crippen LogP contribution in [-0.4, -0.2) is 41.2 Å². The highest BCUT2D eigenvalue weighted by Gasteiger charge is 2.25. The number of carbonyl (C=O) groups excluding carboxylic acids is 1. The Hall–Kier alpha value is -1.95. The molecule has 2 aromatic rings. The number of benzene rings is 1. The predicted octanol–water partition coefficient (Wildman–Crippen LogP) is 2.94. The van der Waals surface area contributed by atoms with Gasteiger partial charge in [0.2, 0.25) is 5.91 Å². The van der Waals surface area contributed by atoms with Crippen LogP contribution in [0, 0.1) is 0 Å². The van der Waals surface area contributed by atoms with Crippen LogP contribution in [0.4, 0.5) is 0 Å². The van der Waals surface area contributed by atoms with Crippen LogP contribution in [-0.2, 0) is 4.79 Å². The lowest BCUT2D eigenvalue weighted by Gasteiger charge is -2.29. The van der Waals surface area contributed by atoms with E-state index in [2.05, 4.69) is 10.2 Å². The van der Waals surface area contributed by atoms with Crippen LogP contribution >= 0.6 is 11.3 Å².